The summed E-state index contributed by atoms with van der Waals surface area (Å²) >= 11 is 12.2. The van der Waals surface area contributed by atoms with Crippen LogP contribution in [-0.4, -0.2) is 19.2 Å². The van der Waals surface area contributed by atoms with Crippen molar-refractivity contribution in [2.45, 2.75) is 19.0 Å². The number of amides is 1. The molecular weight excluding hydrogens is 335 g/mol. The summed E-state index contributed by atoms with van der Waals surface area (Å²) in [7, 11) is 1.63. The van der Waals surface area contributed by atoms with E-state index in [1.165, 1.54) is 0 Å². The third-order valence-electron chi connectivity index (χ3n) is 3.80. The molecule has 4 nitrogen and oxygen atoms in total. The van der Waals surface area contributed by atoms with Gasteiger partial charge in [-0.25, -0.2) is 0 Å². The fourth-order valence-corrected chi connectivity index (χ4v) is 3.18. The minimum absolute atomic E-state index is 0.0419. The van der Waals surface area contributed by atoms with Crippen LogP contribution in [0.25, 0.3) is 0 Å². The number of ether oxygens (including phenoxy) is 1. The Balaban J connectivity index is 1.84. The van der Waals surface area contributed by atoms with Crippen LogP contribution in [0, 0.1) is 0 Å². The Hall–Kier alpha value is -1.91. The van der Waals surface area contributed by atoms with Gasteiger partial charge in [-0.1, -0.05) is 23.2 Å². The summed E-state index contributed by atoms with van der Waals surface area (Å²) in [4.78, 5) is 14.0. The van der Waals surface area contributed by atoms with Crippen molar-refractivity contribution >= 4 is 40.5 Å². The second kappa shape index (κ2) is 6.69. The maximum atomic E-state index is 12.3. The lowest BCUT2D eigenvalue weighted by molar-refractivity contribution is -0.117. The van der Waals surface area contributed by atoms with Gasteiger partial charge >= 0.3 is 0 Å². The summed E-state index contributed by atoms with van der Waals surface area (Å²) < 4.78 is 5.15. The van der Waals surface area contributed by atoms with E-state index in [1.54, 1.807) is 30.2 Å². The van der Waals surface area contributed by atoms with Gasteiger partial charge in [0.2, 0.25) is 5.91 Å². The lowest BCUT2D eigenvalue weighted by Crippen LogP contribution is -2.38. The van der Waals surface area contributed by atoms with Crippen LogP contribution in [0.15, 0.2) is 42.5 Å². The molecule has 1 aliphatic heterocycles. The van der Waals surface area contributed by atoms with Crippen molar-refractivity contribution in [2.75, 3.05) is 17.3 Å². The van der Waals surface area contributed by atoms with E-state index in [4.69, 9.17) is 27.9 Å². The Morgan fingerprint density at radius 2 is 1.91 bits per heavy atom. The second-order valence-corrected chi connectivity index (χ2v) is 6.13. The first-order chi connectivity index (χ1) is 11.1. The summed E-state index contributed by atoms with van der Waals surface area (Å²) in [6.45, 7) is 0. The Morgan fingerprint density at radius 3 is 2.57 bits per heavy atom. The number of rotatable bonds is 4. The quantitative estimate of drug-likeness (QED) is 0.878. The second-order valence-electron chi connectivity index (χ2n) is 5.29. The molecule has 1 atom stereocenters. The van der Waals surface area contributed by atoms with Gasteiger partial charge in [-0.15, -0.1) is 0 Å². The molecule has 23 heavy (non-hydrogen) atoms. The Kier molecular flexibility index (Phi) is 4.64. The third-order valence-corrected chi connectivity index (χ3v) is 4.34. The van der Waals surface area contributed by atoms with Crippen LogP contribution in [0.3, 0.4) is 0 Å². The number of halogens is 2. The predicted octanol–water partition coefficient (Wildman–Crippen LogP) is 4.57. The first kappa shape index (κ1) is 16.0. The number of benzene rings is 2. The summed E-state index contributed by atoms with van der Waals surface area (Å²) in [5, 5.41) is 4.38. The summed E-state index contributed by atoms with van der Waals surface area (Å²) in [6.07, 6.45) is 1.05. The molecule has 120 valence electrons. The third kappa shape index (κ3) is 3.38. The standard InChI is InChI=1S/C17H16Cl2N2O2/c1-23-13-5-3-12(4-6-13)20-16-8-9-17(22)21(16)15-7-2-11(18)10-14(15)19/h2-7,10,16,20H,8-9H2,1H3/t16-/m0/s1. The molecule has 2 aromatic carbocycles. The molecule has 0 bridgehead atoms. The van der Waals surface area contributed by atoms with Gasteiger partial charge in [0.1, 0.15) is 11.9 Å². The van der Waals surface area contributed by atoms with Crippen LogP contribution in [0.2, 0.25) is 10.0 Å². The van der Waals surface area contributed by atoms with Crippen LogP contribution in [0.1, 0.15) is 12.8 Å². The number of anilines is 2. The molecule has 0 aliphatic carbocycles. The SMILES string of the molecule is COc1ccc(N[C@@H]2CCC(=O)N2c2ccc(Cl)cc2Cl)cc1. The largest absolute Gasteiger partial charge is 0.497 e. The highest BCUT2D eigenvalue weighted by molar-refractivity contribution is 6.36. The number of hydrogen-bond acceptors (Lipinski definition) is 3. The van der Waals surface area contributed by atoms with E-state index in [0.29, 0.717) is 28.6 Å². The number of carbonyl (C=O) groups is 1. The maximum absolute atomic E-state index is 12.3. The van der Waals surface area contributed by atoms with E-state index in [2.05, 4.69) is 5.32 Å². The smallest absolute Gasteiger partial charge is 0.228 e. The average Bonchev–Trinajstić information content (AvgIpc) is 2.89. The molecule has 0 unspecified atom stereocenters. The van der Waals surface area contributed by atoms with E-state index in [9.17, 15) is 4.79 Å². The van der Waals surface area contributed by atoms with Gasteiger partial charge < -0.3 is 10.1 Å². The highest BCUT2D eigenvalue weighted by Gasteiger charge is 2.33. The molecule has 0 radical (unpaired) electrons. The van der Waals surface area contributed by atoms with Gasteiger partial charge in [-0.2, -0.15) is 0 Å². The number of methoxy groups -OCH3 is 1. The van der Waals surface area contributed by atoms with Crippen molar-refractivity contribution in [1.82, 2.24) is 0 Å². The van der Waals surface area contributed by atoms with E-state index in [-0.39, 0.29) is 12.1 Å². The van der Waals surface area contributed by atoms with Gasteiger partial charge in [0.05, 0.1) is 17.8 Å². The van der Waals surface area contributed by atoms with Crippen LogP contribution in [0.5, 0.6) is 5.75 Å². The van der Waals surface area contributed by atoms with E-state index < -0.39 is 0 Å². The molecule has 6 heteroatoms. The van der Waals surface area contributed by atoms with Crippen LogP contribution < -0.4 is 15.0 Å². The Labute approximate surface area is 144 Å². The predicted molar refractivity (Wildman–Crippen MR) is 93.6 cm³/mol. The minimum atomic E-state index is -0.144. The van der Waals surface area contributed by atoms with E-state index in [0.717, 1.165) is 11.4 Å². The highest BCUT2D eigenvalue weighted by atomic mass is 35.5. The van der Waals surface area contributed by atoms with Gasteiger partial charge in [0, 0.05) is 17.1 Å². The zero-order chi connectivity index (χ0) is 16.4. The molecule has 1 saturated heterocycles. The van der Waals surface area contributed by atoms with Crippen LogP contribution in [-0.2, 0) is 4.79 Å². The lowest BCUT2D eigenvalue weighted by atomic mass is 10.2. The van der Waals surface area contributed by atoms with Gasteiger partial charge in [0.15, 0.2) is 0 Å². The van der Waals surface area contributed by atoms with E-state index in [1.807, 2.05) is 24.3 Å². The van der Waals surface area contributed by atoms with Gasteiger partial charge in [-0.3, -0.25) is 9.69 Å². The van der Waals surface area contributed by atoms with Gasteiger partial charge in [0.25, 0.3) is 0 Å². The summed E-state index contributed by atoms with van der Waals surface area (Å²) in [5.41, 5.74) is 1.59. The van der Waals surface area contributed by atoms with Crippen molar-refractivity contribution in [1.29, 1.82) is 0 Å². The molecule has 1 aliphatic rings. The topological polar surface area (TPSA) is 41.6 Å². The van der Waals surface area contributed by atoms with Crippen molar-refractivity contribution in [2.24, 2.45) is 0 Å². The molecule has 2 aromatic rings. The van der Waals surface area contributed by atoms with E-state index >= 15 is 0 Å². The summed E-state index contributed by atoms with van der Waals surface area (Å²) in [5.74, 6) is 0.830. The number of carbonyl (C=O) groups excluding carboxylic acids is 1. The molecule has 0 spiro atoms. The maximum Gasteiger partial charge on any atom is 0.228 e. The molecular formula is C17H16Cl2N2O2. The number of nitrogens with zero attached hydrogens (tertiary/aromatic N) is 1. The molecule has 1 amide bonds. The molecule has 3 rings (SSSR count). The van der Waals surface area contributed by atoms with Crippen molar-refractivity contribution in [3.8, 4) is 5.75 Å². The Morgan fingerprint density at radius 1 is 1.17 bits per heavy atom. The van der Waals surface area contributed by atoms with Crippen LogP contribution in [0.4, 0.5) is 11.4 Å². The van der Waals surface area contributed by atoms with Gasteiger partial charge in [-0.05, 0) is 48.9 Å². The molecule has 0 saturated carbocycles. The highest BCUT2D eigenvalue weighted by Crippen LogP contribution is 2.34. The van der Waals surface area contributed by atoms with Crippen LogP contribution >= 0.6 is 23.2 Å². The fraction of sp³-hybridized carbons (Fsp3) is 0.235. The first-order valence-electron chi connectivity index (χ1n) is 7.26. The number of nitrogens with one attached hydrogen (secondary N) is 1. The van der Waals surface area contributed by atoms with Crippen molar-refractivity contribution < 1.29 is 9.53 Å². The molecule has 0 aromatic heterocycles. The zero-order valence-electron chi connectivity index (χ0n) is 12.6. The minimum Gasteiger partial charge on any atom is -0.497 e. The number of hydrogen-bond donors (Lipinski definition) is 1. The molecule has 1 heterocycles. The molecule has 1 fully saturated rings. The first-order valence-corrected chi connectivity index (χ1v) is 8.02. The summed E-state index contributed by atoms with van der Waals surface area (Å²) in [6, 6.07) is 12.7. The molecule has 1 N–H and O–H groups in total. The lowest BCUT2D eigenvalue weighted by Gasteiger charge is -2.27. The normalized spacial score (nSPS) is 17.4. The van der Waals surface area contributed by atoms with Crippen molar-refractivity contribution in [3.05, 3.63) is 52.5 Å². The Bertz CT molecular complexity index is 719. The fourth-order valence-electron chi connectivity index (χ4n) is 2.68. The van der Waals surface area contributed by atoms with Crippen molar-refractivity contribution in [3.63, 3.8) is 0 Å². The average molecular weight is 351 g/mol. The monoisotopic (exact) mass is 350 g/mol. The zero-order valence-corrected chi connectivity index (χ0v) is 14.1.